The van der Waals surface area contributed by atoms with Gasteiger partial charge in [0.2, 0.25) is 10.0 Å². The van der Waals surface area contributed by atoms with Gasteiger partial charge in [0.05, 0.1) is 49.6 Å². The first-order valence-electron chi connectivity index (χ1n) is 13.6. The maximum atomic E-state index is 13.5. The van der Waals surface area contributed by atoms with Crippen molar-refractivity contribution in [3.63, 3.8) is 0 Å². The zero-order valence-corrected chi connectivity index (χ0v) is 25.5. The number of hydrogen-bond acceptors (Lipinski definition) is 7. The van der Waals surface area contributed by atoms with Crippen LogP contribution in [0.15, 0.2) is 48.5 Å². The summed E-state index contributed by atoms with van der Waals surface area (Å²) in [7, 11) is -2.26. The second kappa shape index (κ2) is 12.5. The zero-order chi connectivity index (χ0) is 31.5. The lowest BCUT2D eigenvalue weighted by atomic mass is 9.86. The van der Waals surface area contributed by atoms with E-state index in [1.807, 2.05) is 20.8 Å². The molecule has 1 unspecified atom stereocenters. The van der Waals surface area contributed by atoms with Crippen molar-refractivity contribution in [1.82, 2.24) is 4.90 Å². The molecule has 13 heteroatoms. The Balaban J connectivity index is 1.63. The second-order valence-corrected chi connectivity index (χ2v) is 13.1. The molecule has 230 valence electrons. The van der Waals surface area contributed by atoms with Crippen LogP contribution in [0.5, 0.6) is 5.75 Å². The first-order valence-corrected chi connectivity index (χ1v) is 15.5. The van der Waals surface area contributed by atoms with Crippen LogP contribution >= 0.6 is 0 Å². The summed E-state index contributed by atoms with van der Waals surface area (Å²) in [5, 5.41) is 16.0. The fourth-order valence-corrected chi connectivity index (χ4v) is 5.46. The molecule has 4 N–H and O–H groups in total. The van der Waals surface area contributed by atoms with E-state index in [4.69, 9.17) is 14.6 Å². The number of nitrogens with one attached hydrogen (secondary N) is 3. The van der Waals surface area contributed by atoms with Gasteiger partial charge in [0, 0.05) is 24.0 Å². The Morgan fingerprint density at radius 3 is 2.30 bits per heavy atom. The Kier molecular flexibility index (Phi) is 9.16. The number of fused-ring (bicyclic) bond motifs is 1. The van der Waals surface area contributed by atoms with Gasteiger partial charge in [-0.2, -0.15) is 0 Å². The van der Waals surface area contributed by atoms with Crippen LogP contribution in [0.2, 0.25) is 0 Å². The Bertz CT molecular complexity index is 1670. The lowest BCUT2D eigenvalue weighted by molar-refractivity contribution is -0.141. The van der Waals surface area contributed by atoms with Gasteiger partial charge in [-0.3, -0.25) is 14.3 Å². The van der Waals surface area contributed by atoms with E-state index in [1.54, 1.807) is 53.4 Å². The highest BCUT2D eigenvalue weighted by Gasteiger charge is 2.28. The Hall–Kier alpha value is -4.36. The van der Waals surface area contributed by atoms with Crippen molar-refractivity contribution in [2.24, 2.45) is 0 Å². The number of benzene rings is 3. The second-order valence-electron chi connectivity index (χ2n) is 11.4. The van der Waals surface area contributed by atoms with Crippen LogP contribution in [0, 0.1) is 0 Å². The molecule has 3 aromatic carbocycles. The maximum Gasteiger partial charge on any atom is 0.323 e. The third-order valence-electron chi connectivity index (χ3n) is 6.93. The number of rotatable bonds is 8. The molecule has 0 aliphatic carbocycles. The third kappa shape index (κ3) is 7.73. The van der Waals surface area contributed by atoms with Crippen molar-refractivity contribution in [1.29, 1.82) is 0 Å². The SMILES string of the molecule is COc1c(NC(=O)Nc2ccc(C(=O)N3CCOC(CC(=O)O)C3)c3ccccc23)cc(C(C)(C)C)cc1NS(C)(=O)=O. The van der Waals surface area contributed by atoms with E-state index in [9.17, 15) is 22.8 Å². The molecule has 1 aliphatic heterocycles. The smallest absolute Gasteiger partial charge is 0.323 e. The predicted molar refractivity (Wildman–Crippen MR) is 165 cm³/mol. The number of morpholine rings is 1. The van der Waals surface area contributed by atoms with Crippen LogP contribution in [0.25, 0.3) is 10.8 Å². The molecular formula is C30H36N4O8S. The van der Waals surface area contributed by atoms with Crippen LogP contribution in [-0.4, -0.2) is 75.5 Å². The van der Waals surface area contributed by atoms with Crippen LogP contribution in [-0.2, 0) is 25.0 Å². The number of hydrogen-bond donors (Lipinski definition) is 4. The van der Waals surface area contributed by atoms with Crippen LogP contribution in [0.1, 0.15) is 43.1 Å². The first kappa shape index (κ1) is 31.6. The van der Waals surface area contributed by atoms with E-state index in [1.165, 1.54) is 7.11 Å². The van der Waals surface area contributed by atoms with E-state index < -0.39 is 28.1 Å². The Morgan fingerprint density at radius 2 is 1.67 bits per heavy atom. The molecule has 1 atom stereocenters. The number of sulfonamides is 1. The van der Waals surface area contributed by atoms with Gasteiger partial charge in [-0.25, -0.2) is 13.2 Å². The fraction of sp³-hybridized carbons (Fsp3) is 0.367. The van der Waals surface area contributed by atoms with Crippen LogP contribution in [0.4, 0.5) is 21.9 Å². The molecule has 1 aliphatic rings. The maximum absolute atomic E-state index is 13.5. The van der Waals surface area contributed by atoms with E-state index in [2.05, 4.69) is 15.4 Å². The van der Waals surface area contributed by atoms with Crippen molar-refractivity contribution in [3.8, 4) is 5.75 Å². The summed E-state index contributed by atoms with van der Waals surface area (Å²) >= 11 is 0. The standard InChI is InChI=1S/C30H36N4O8S/c1-30(2,3)18-14-24(27(41-4)25(15-18)33-43(5,39)40)32-29(38)31-23-11-10-22(20-8-6-7-9-21(20)23)28(37)34-12-13-42-19(17-34)16-26(35)36/h6-11,14-15,19,33H,12-13,16-17H2,1-5H3,(H,35,36)(H2,31,32,38). The number of amides is 3. The first-order chi connectivity index (χ1) is 20.2. The van der Waals surface area contributed by atoms with Gasteiger partial charge in [-0.1, -0.05) is 45.0 Å². The number of nitrogens with zero attached hydrogens (tertiary/aromatic N) is 1. The highest BCUT2D eigenvalue weighted by molar-refractivity contribution is 7.92. The lowest BCUT2D eigenvalue weighted by Gasteiger charge is -2.32. The quantitative estimate of drug-likeness (QED) is 0.289. The topological polar surface area (TPSA) is 163 Å². The molecule has 0 radical (unpaired) electrons. The summed E-state index contributed by atoms with van der Waals surface area (Å²) in [5.74, 6) is -1.12. The summed E-state index contributed by atoms with van der Waals surface area (Å²) in [5.41, 5.74) is 1.69. The third-order valence-corrected chi connectivity index (χ3v) is 7.52. The summed E-state index contributed by atoms with van der Waals surface area (Å²) in [6.07, 6.45) is 0.244. The molecule has 3 amide bonds. The molecule has 1 fully saturated rings. The zero-order valence-electron chi connectivity index (χ0n) is 24.7. The lowest BCUT2D eigenvalue weighted by Crippen LogP contribution is -2.46. The van der Waals surface area contributed by atoms with Gasteiger partial charge in [0.1, 0.15) is 0 Å². The van der Waals surface area contributed by atoms with Crippen LogP contribution in [0.3, 0.4) is 0 Å². The fourth-order valence-electron chi connectivity index (χ4n) is 4.91. The van der Waals surface area contributed by atoms with Gasteiger partial charge in [0.25, 0.3) is 5.91 Å². The highest BCUT2D eigenvalue weighted by atomic mass is 32.2. The summed E-state index contributed by atoms with van der Waals surface area (Å²) in [4.78, 5) is 39.5. The van der Waals surface area contributed by atoms with Gasteiger partial charge >= 0.3 is 12.0 Å². The highest BCUT2D eigenvalue weighted by Crippen LogP contribution is 2.39. The number of methoxy groups -OCH3 is 1. The van der Waals surface area contributed by atoms with Crippen LogP contribution < -0.4 is 20.1 Å². The van der Waals surface area contributed by atoms with E-state index in [-0.39, 0.29) is 48.0 Å². The van der Waals surface area contributed by atoms with Crippen molar-refractivity contribution in [3.05, 3.63) is 59.7 Å². The molecule has 4 rings (SSSR count). The Morgan fingerprint density at radius 1 is 1.02 bits per heavy atom. The number of aliphatic carboxylic acids is 1. The average molecular weight is 613 g/mol. The van der Waals surface area contributed by atoms with E-state index >= 15 is 0 Å². The molecule has 43 heavy (non-hydrogen) atoms. The van der Waals surface area contributed by atoms with Gasteiger partial charge in [-0.05, 0) is 40.6 Å². The molecule has 1 saturated heterocycles. The predicted octanol–water partition coefficient (Wildman–Crippen LogP) is 4.48. The number of urea groups is 1. The summed E-state index contributed by atoms with van der Waals surface area (Å²) in [6, 6.07) is 13.2. The van der Waals surface area contributed by atoms with Crippen molar-refractivity contribution >= 4 is 55.8 Å². The number of carboxylic acids is 1. The minimum Gasteiger partial charge on any atom is -0.492 e. The molecule has 12 nitrogen and oxygen atoms in total. The number of ether oxygens (including phenoxy) is 2. The molecule has 0 spiro atoms. The molecule has 3 aromatic rings. The van der Waals surface area contributed by atoms with Gasteiger partial charge < -0.3 is 30.1 Å². The van der Waals surface area contributed by atoms with E-state index in [0.717, 1.165) is 11.8 Å². The number of carbonyl (C=O) groups excluding carboxylic acids is 2. The minimum atomic E-state index is -3.64. The minimum absolute atomic E-state index is 0.145. The van der Waals surface area contributed by atoms with Gasteiger partial charge in [0.15, 0.2) is 5.75 Å². The van der Waals surface area contributed by atoms with Crippen molar-refractivity contribution < 1.29 is 37.4 Å². The number of carbonyl (C=O) groups is 3. The number of anilines is 3. The molecule has 0 saturated carbocycles. The summed E-state index contributed by atoms with van der Waals surface area (Å²) < 4.78 is 37.5. The summed E-state index contributed by atoms with van der Waals surface area (Å²) in [6.45, 7) is 6.61. The molecular weight excluding hydrogens is 576 g/mol. The Labute approximate surface area is 250 Å². The molecule has 0 aromatic heterocycles. The molecule has 0 bridgehead atoms. The van der Waals surface area contributed by atoms with Crippen molar-refractivity contribution in [2.75, 3.05) is 48.4 Å². The normalized spacial score (nSPS) is 15.6. The average Bonchev–Trinajstić information content (AvgIpc) is 2.91. The number of carboxylic acid groups (broad SMARTS) is 1. The van der Waals surface area contributed by atoms with E-state index in [0.29, 0.717) is 28.6 Å². The largest absolute Gasteiger partial charge is 0.492 e. The monoisotopic (exact) mass is 612 g/mol. The molecule has 1 heterocycles. The van der Waals surface area contributed by atoms with Gasteiger partial charge in [-0.15, -0.1) is 0 Å². The van der Waals surface area contributed by atoms with Crippen molar-refractivity contribution in [2.45, 2.75) is 38.7 Å².